The van der Waals surface area contributed by atoms with Crippen LogP contribution in [-0.2, 0) is 11.3 Å². The lowest BCUT2D eigenvalue weighted by Crippen LogP contribution is -2.30. The molecular formula is C21H28NO2P. The predicted octanol–water partition coefficient (Wildman–Crippen LogP) is 3.59. The average molecular weight is 357 g/mol. The number of ether oxygens (including phenoxy) is 2. The van der Waals surface area contributed by atoms with Gasteiger partial charge in [-0.15, -0.1) is 0 Å². The Labute approximate surface area is 153 Å². The number of rotatable bonds is 7. The SMILES string of the molecule is COCOc1c(C)cccc1Pc1ccccc1CN1CCCCC1. The lowest BCUT2D eigenvalue weighted by Gasteiger charge is -2.27. The highest BCUT2D eigenvalue weighted by Gasteiger charge is 2.14. The van der Waals surface area contributed by atoms with Gasteiger partial charge in [0.1, 0.15) is 5.75 Å². The number of aryl methyl sites for hydroxylation is 1. The van der Waals surface area contributed by atoms with E-state index >= 15 is 0 Å². The molecule has 0 saturated carbocycles. The normalized spacial score (nSPS) is 15.8. The van der Waals surface area contributed by atoms with Crippen LogP contribution in [-0.4, -0.2) is 31.9 Å². The first-order chi connectivity index (χ1) is 12.3. The Morgan fingerprint density at radius 1 is 0.960 bits per heavy atom. The van der Waals surface area contributed by atoms with Crippen molar-refractivity contribution >= 4 is 19.2 Å². The van der Waals surface area contributed by atoms with E-state index in [9.17, 15) is 0 Å². The number of nitrogens with zero attached hydrogens (tertiary/aromatic N) is 1. The van der Waals surface area contributed by atoms with Gasteiger partial charge in [-0.1, -0.05) is 57.5 Å². The number of likely N-dealkylation sites (tertiary alicyclic amines) is 1. The first-order valence-corrected chi connectivity index (χ1v) is 10.1. The van der Waals surface area contributed by atoms with Gasteiger partial charge in [-0.3, -0.25) is 4.90 Å². The molecule has 1 aliphatic heterocycles. The summed E-state index contributed by atoms with van der Waals surface area (Å²) in [6.45, 7) is 5.90. The van der Waals surface area contributed by atoms with E-state index < -0.39 is 0 Å². The Morgan fingerprint density at radius 3 is 2.52 bits per heavy atom. The molecular weight excluding hydrogens is 329 g/mol. The van der Waals surface area contributed by atoms with Crippen LogP contribution < -0.4 is 15.3 Å². The van der Waals surface area contributed by atoms with E-state index in [-0.39, 0.29) is 6.79 Å². The second-order valence-electron chi connectivity index (χ2n) is 6.62. The van der Waals surface area contributed by atoms with E-state index in [2.05, 4.69) is 54.3 Å². The van der Waals surface area contributed by atoms with Gasteiger partial charge in [0.2, 0.25) is 0 Å². The van der Waals surface area contributed by atoms with Crippen LogP contribution in [0, 0.1) is 6.92 Å². The van der Waals surface area contributed by atoms with E-state index in [0.29, 0.717) is 8.58 Å². The highest BCUT2D eigenvalue weighted by Crippen LogP contribution is 2.25. The molecule has 1 saturated heterocycles. The third kappa shape index (κ3) is 5.04. The van der Waals surface area contributed by atoms with Gasteiger partial charge < -0.3 is 9.47 Å². The van der Waals surface area contributed by atoms with Gasteiger partial charge in [0, 0.05) is 19.0 Å². The van der Waals surface area contributed by atoms with E-state index in [1.807, 2.05) is 0 Å². The summed E-state index contributed by atoms with van der Waals surface area (Å²) in [5.74, 6) is 0.968. The van der Waals surface area contributed by atoms with Crippen LogP contribution in [0.4, 0.5) is 0 Å². The number of hydrogen-bond acceptors (Lipinski definition) is 3. The van der Waals surface area contributed by atoms with Gasteiger partial charge in [0.15, 0.2) is 6.79 Å². The zero-order chi connectivity index (χ0) is 17.5. The summed E-state index contributed by atoms with van der Waals surface area (Å²) in [7, 11) is 2.26. The molecule has 0 bridgehead atoms. The van der Waals surface area contributed by atoms with Gasteiger partial charge in [0.05, 0.1) is 0 Å². The van der Waals surface area contributed by atoms with Crippen LogP contribution in [0.15, 0.2) is 42.5 Å². The molecule has 0 radical (unpaired) electrons. The first-order valence-electron chi connectivity index (χ1n) is 9.06. The maximum Gasteiger partial charge on any atom is 0.188 e. The average Bonchev–Trinajstić information content (AvgIpc) is 2.64. The fourth-order valence-electron chi connectivity index (χ4n) is 3.34. The molecule has 1 atom stereocenters. The molecule has 4 heteroatoms. The molecule has 25 heavy (non-hydrogen) atoms. The number of benzene rings is 2. The molecule has 0 spiro atoms. The molecule has 2 aromatic carbocycles. The molecule has 1 aliphatic rings. The quantitative estimate of drug-likeness (QED) is 0.558. The largest absolute Gasteiger partial charge is 0.467 e. The fourth-order valence-corrected chi connectivity index (χ4v) is 4.70. The van der Waals surface area contributed by atoms with Crippen molar-refractivity contribution < 1.29 is 9.47 Å². The zero-order valence-corrected chi connectivity index (χ0v) is 16.3. The zero-order valence-electron chi connectivity index (χ0n) is 15.3. The van der Waals surface area contributed by atoms with Crippen molar-refractivity contribution in [2.24, 2.45) is 0 Å². The second-order valence-corrected chi connectivity index (χ2v) is 7.95. The Bertz CT molecular complexity index is 683. The number of para-hydroxylation sites is 1. The summed E-state index contributed by atoms with van der Waals surface area (Å²) < 4.78 is 11.0. The topological polar surface area (TPSA) is 21.7 Å². The first kappa shape index (κ1) is 18.4. The van der Waals surface area contributed by atoms with E-state index in [4.69, 9.17) is 9.47 Å². The molecule has 2 aromatic rings. The van der Waals surface area contributed by atoms with Crippen molar-refractivity contribution in [3.05, 3.63) is 53.6 Å². The molecule has 1 unspecified atom stereocenters. The van der Waals surface area contributed by atoms with Crippen molar-refractivity contribution in [3.8, 4) is 5.75 Å². The Morgan fingerprint density at radius 2 is 1.72 bits per heavy atom. The number of piperidine rings is 1. The van der Waals surface area contributed by atoms with E-state index in [1.54, 1.807) is 7.11 Å². The van der Waals surface area contributed by atoms with Crippen molar-refractivity contribution in [1.82, 2.24) is 4.90 Å². The van der Waals surface area contributed by atoms with Crippen LogP contribution in [0.3, 0.4) is 0 Å². The van der Waals surface area contributed by atoms with Gasteiger partial charge >= 0.3 is 0 Å². The summed E-state index contributed by atoms with van der Waals surface area (Å²) in [5, 5.41) is 2.67. The number of methoxy groups -OCH3 is 1. The maximum absolute atomic E-state index is 5.85. The molecule has 0 aromatic heterocycles. The van der Waals surface area contributed by atoms with Gasteiger partial charge in [-0.2, -0.15) is 0 Å². The van der Waals surface area contributed by atoms with Crippen LogP contribution in [0.1, 0.15) is 30.4 Å². The minimum absolute atomic E-state index is 0.289. The summed E-state index contributed by atoms with van der Waals surface area (Å²) in [6, 6.07) is 15.2. The van der Waals surface area contributed by atoms with Crippen molar-refractivity contribution in [1.29, 1.82) is 0 Å². The van der Waals surface area contributed by atoms with E-state index in [1.165, 1.54) is 48.5 Å². The lowest BCUT2D eigenvalue weighted by molar-refractivity contribution is 0.0514. The fraction of sp³-hybridized carbons (Fsp3) is 0.429. The second kappa shape index (κ2) is 9.33. The smallest absolute Gasteiger partial charge is 0.188 e. The van der Waals surface area contributed by atoms with Crippen LogP contribution in [0.2, 0.25) is 0 Å². The standard InChI is InChI=1S/C21H28NO2P/c1-17-9-8-12-20(21(17)24-16-23-2)25-19-11-5-4-10-18(19)15-22-13-6-3-7-14-22/h4-5,8-12,25H,3,6-7,13-16H2,1-2H3. The summed E-state index contributed by atoms with van der Waals surface area (Å²) >= 11 is 0. The Balaban J connectivity index is 1.80. The maximum atomic E-state index is 5.85. The Hall–Kier alpha value is -1.41. The van der Waals surface area contributed by atoms with E-state index in [0.717, 1.165) is 17.9 Å². The van der Waals surface area contributed by atoms with Crippen molar-refractivity contribution in [2.75, 3.05) is 27.0 Å². The van der Waals surface area contributed by atoms with Crippen LogP contribution in [0.5, 0.6) is 5.75 Å². The third-order valence-corrected chi connectivity index (χ3v) is 6.08. The minimum Gasteiger partial charge on any atom is -0.467 e. The minimum atomic E-state index is 0.289. The molecule has 0 N–H and O–H groups in total. The third-order valence-electron chi connectivity index (χ3n) is 4.66. The molecule has 1 fully saturated rings. The number of hydrogen-bond donors (Lipinski definition) is 0. The van der Waals surface area contributed by atoms with Crippen molar-refractivity contribution in [3.63, 3.8) is 0 Å². The highest BCUT2D eigenvalue weighted by atomic mass is 31.1. The highest BCUT2D eigenvalue weighted by molar-refractivity contribution is 7.55. The predicted molar refractivity (Wildman–Crippen MR) is 107 cm³/mol. The Kier molecular flexibility index (Phi) is 6.86. The molecule has 3 rings (SSSR count). The summed E-state index contributed by atoms with van der Waals surface area (Å²) in [4.78, 5) is 2.59. The van der Waals surface area contributed by atoms with Gasteiger partial charge in [0.25, 0.3) is 0 Å². The van der Waals surface area contributed by atoms with Crippen LogP contribution >= 0.6 is 8.58 Å². The monoisotopic (exact) mass is 357 g/mol. The molecule has 1 heterocycles. The molecule has 3 nitrogen and oxygen atoms in total. The lowest BCUT2D eigenvalue weighted by atomic mass is 10.1. The molecule has 0 amide bonds. The summed E-state index contributed by atoms with van der Waals surface area (Å²) in [5.41, 5.74) is 2.61. The van der Waals surface area contributed by atoms with Gasteiger partial charge in [-0.25, -0.2) is 0 Å². The summed E-state index contributed by atoms with van der Waals surface area (Å²) in [6.07, 6.45) is 4.04. The van der Waals surface area contributed by atoms with Gasteiger partial charge in [-0.05, 0) is 49.3 Å². The molecule has 0 aliphatic carbocycles. The van der Waals surface area contributed by atoms with Crippen LogP contribution in [0.25, 0.3) is 0 Å². The van der Waals surface area contributed by atoms with Crippen molar-refractivity contribution in [2.45, 2.75) is 32.7 Å². The molecule has 134 valence electrons.